The number of thiophene rings is 1. The van der Waals surface area contributed by atoms with Crippen LogP contribution in [-0.2, 0) is 11.2 Å². The largest absolute Gasteiger partial charge is 0.372 e. The molecule has 0 aliphatic carbocycles. The summed E-state index contributed by atoms with van der Waals surface area (Å²) in [6.45, 7) is 2.67. The van der Waals surface area contributed by atoms with Gasteiger partial charge in [0.1, 0.15) is 0 Å². The maximum atomic E-state index is 6.34. The van der Waals surface area contributed by atoms with E-state index in [-0.39, 0.29) is 12.1 Å². The highest BCUT2D eigenvalue weighted by molar-refractivity contribution is 9.11. The first-order chi connectivity index (χ1) is 9.20. The Morgan fingerprint density at radius 2 is 1.95 bits per heavy atom. The lowest BCUT2D eigenvalue weighted by atomic mass is 9.99. The van der Waals surface area contributed by atoms with E-state index in [1.807, 2.05) is 25.1 Å². The van der Waals surface area contributed by atoms with Gasteiger partial charge in [0.2, 0.25) is 0 Å². The number of halogens is 1. The fraction of sp³-hybridized carbons (Fsp3) is 0.333. The van der Waals surface area contributed by atoms with Crippen molar-refractivity contribution in [3.63, 3.8) is 0 Å². The molecule has 2 atom stereocenters. The third-order valence-electron chi connectivity index (χ3n) is 2.93. The van der Waals surface area contributed by atoms with Crippen LogP contribution in [0.2, 0.25) is 0 Å². The zero-order chi connectivity index (χ0) is 13.7. The maximum absolute atomic E-state index is 6.34. The molecule has 0 amide bonds. The van der Waals surface area contributed by atoms with E-state index in [0.29, 0.717) is 6.61 Å². The normalized spacial score (nSPS) is 14.3. The Morgan fingerprint density at radius 1 is 1.21 bits per heavy atom. The van der Waals surface area contributed by atoms with Gasteiger partial charge in [-0.3, -0.25) is 0 Å². The Labute approximate surface area is 126 Å². The first kappa shape index (κ1) is 14.7. The standard InChI is InChI=1S/C15H18BrNOS/c1-2-18-15(11-6-4-3-5-7-11)13(17)10-12-8-9-14(16)19-12/h3-9,13,15H,2,10,17H2,1H3. The molecule has 102 valence electrons. The molecular weight excluding hydrogens is 322 g/mol. The fourth-order valence-electron chi connectivity index (χ4n) is 2.09. The van der Waals surface area contributed by atoms with Gasteiger partial charge in [0.15, 0.2) is 0 Å². The quantitative estimate of drug-likeness (QED) is 0.857. The monoisotopic (exact) mass is 339 g/mol. The van der Waals surface area contributed by atoms with Gasteiger partial charge in [0.05, 0.1) is 9.89 Å². The molecule has 0 bridgehead atoms. The van der Waals surface area contributed by atoms with Gasteiger partial charge in [0.25, 0.3) is 0 Å². The van der Waals surface area contributed by atoms with Gasteiger partial charge in [-0.15, -0.1) is 11.3 Å². The number of benzene rings is 1. The lowest BCUT2D eigenvalue weighted by Crippen LogP contribution is -2.32. The molecule has 1 heterocycles. The topological polar surface area (TPSA) is 35.2 Å². The third kappa shape index (κ3) is 4.14. The minimum Gasteiger partial charge on any atom is -0.372 e. The van der Waals surface area contributed by atoms with Crippen LogP contribution >= 0.6 is 27.3 Å². The molecule has 0 spiro atoms. The molecule has 4 heteroatoms. The van der Waals surface area contributed by atoms with Crippen LogP contribution in [0.25, 0.3) is 0 Å². The number of nitrogens with two attached hydrogens (primary N) is 1. The molecule has 2 nitrogen and oxygen atoms in total. The van der Waals surface area contributed by atoms with Crippen molar-refractivity contribution in [1.82, 2.24) is 0 Å². The third-order valence-corrected chi connectivity index (χ3v) is 4.57. The lowest BCUT2D eigenvalue weighted by Gasteiger charge is -2.24. The van der Waals surface area contributed by atoms with E-state index in [1.54, 1.807) is 11.3 Å². The molecule has 0 fully saturated rings. The first-order valence-electron chi connectivity index (χ1n) is 6.37. The zero-order valence-corrected chi connectivity index (χ0v) is 13.3. The van der Waals surface area contributed by atoms with Crippen LogP contribution in [0.4, 0.5) is 0 Å². The molecule has 2 aromatic rings. The second-order valence-electron chi connectivity index (χ2n) is 4.36. The second-order valence-corrected chi connectivity index (χ2v) is 6.91. The maximum Gasteiger partial charge on any atom is 0.0979 e. The predicted octanol–water partition coefficient (Wildman–Crippen LogP) is 4.16. The second kappa shape index (κ2) is 7.20. The Morgan fingerprint density at radius 3 is 2.53 bits per heavy atom. The van der Waals surface area contributed by atoms with Crippen molar-refractivity contribution in [1.29, 1.82) is 0 Å². The van der Waals surface area contributed by atoms with Crippen molar-refractivity contribution in [2.24, 2.45) is 5.73 Å². The van der Waals surface area contributed by atoms with Crippen LogP contribution in [-0.4, -0.2) is 12.6 Å². The molecule has 2 unspecified atom stereocenters. The lowest BCUT2D eigenvalue weighted by molar-refractivity contribution is 0.0435. The zero-order valence-electron chi connectivity index (χ0n) is 10.9. The number of ether oxygens (including phenoxy) is 1. The van der Waals surface area contributed by atoms with Crippen LogP contribution in [0.1, 0.15) is 23.5 Å². The molecule has 0 aliphatic heterocycles. The van der Waals surface area contributed by atoms with E-state index in [0.717, 1.165) is 15.8 Å². The van der Waals surface area contributed by atoms with Crippen molar-refractivity contribution in [2.45, 2.75) is 25.5 Å². The van der Waals surface area contributed by atoms with E-state index in [9.17, 15) is 0 Å². The van der Waals surface area contributed by atoms with Crippen LogP contribution in [0.3, 0.4) is 0 Å². The molecule has 0 saturated heterocycles. The first-order valence-corrected chi connectivity index (χ1v) is 7.98. The van der Waals surface area contributed by atoms with Gasteiger partial charge in [-0.05, 0) is 47.0 Å². The summed E-state index contributed by atoms with van der Waals surface area (Å²) in [4.78, 5) is 1.28. The van der Waals surface area contributed by atoms with E-state index >= 15 is 0 Å². The summed E-state index contributed by atoms with van der Waals surface area (Å²) in [5.41, 5.74) is 7.49. The highest BCUT2D eigenvalue weighted by Crippen LogP contribution is 2.27. The minimum absolute atomic E-state index is 0.0344. The summed E-state index contributed by atoms with van der Waals surface area (Å²) in [6, 6.07) is 14.3. The Hall–Kier alpha value is -0.680. The summed E-state index contributed by atoms with van der Waals surface area (Å²) < 4.78 is 6.98. The molecule has 0 aliphatic rings. The smallest absolute Gasteiger partial charge is 0.0979 e. The molecule has 1 aromatic heterocycles. The van der Waals surface area contributed by atoms with Gasteiger partial charge in [-0.25, -0.2) is 0 Å². The number of hydrogen-bond acceptors (Lipinski definition) is 3. The summed E-state index contributed by atoms with van der Waals surface area (Å²) in [5.74, 6) is 0. The summed E-state index contributed by atoms with van der Waals surface area (Å²) >= 11 is 5.21. The van der Waals surface area contributed by atoms with Crippen molar-refractivity contribution >= 4 is 27.3 Å². The van der Waals surface area contributed by atoms with E-state index < -0.39 is 0 Å². The summed E-state index contributed by atoms with van der Waals surface area (Å²) in [7, 11) is 0. The molecule has 0 radical (unpaired) electrons. The summed E-state index contributed by atoms with van der Waals surface area (Å²) in [6.07, 6.45) is 0.780. The Balaban J connectivity index is 2.10. The molecule has 2 N–H and O–H groups in total. The highest BCUT2D eigenvalue weighted by Gasteiger charge is 2.20. The molecule has 0 saturated carbocycles. The molecule has 2 rings (SSSR count). The van der Waals surface area contributed by atoms with E-state index in [4.69, 9.17) is 10.5 Å². The molecule has 19 heavy (non-hydrogen) atoms. The Kier molecular flexibility index (Phi) is 5.58. The fourth-order valence-corrected chi connectivity index (χ4v) is 3.64. The minimum atomic E-state index is -0.0490. The SMILES string of the molecule is CCOC(c1ccccc1)C(N)Cc1ccc(Br)s1. The van der Waals surface area contributed by atoms with Crippen LogP contribution in [0, 0.1) is 0 Å². The van der Waals surface area contributed by atoms with Crippen LogP contribution in [0.5, 0.6) is 0 Å². The van der Waals surface area contributed by atoms with Crippen molar-refractivity contribution in [3.8, 4) is 0 Å². The van der Waals surface area contributed by atoms with Crippen molar-refractivity contribution in [2.75, 3.05) is 6.61 Å². The van der Waals surface area contributed by atoms with Crippen molar-refractivity contribution in [3.05, 3.63) is 56.7 Å². The number of hydrogen-bond donors (Lipinski definition) is 1. The van der Waals surface area contributed by atoms with Crippen LogP contribution in [0.15, 0.2) is 46.3 Å². The Bertz CT molecular complexity index is 500. The van der Waals surface area contributed by atoms with Gasteiger partial charge in [-0.1, -0.05) is 30.3 Å². The highest BCUT2D eigenvalue weighted by atomic mass is 79.9. The number of rotatable bonds is 6. The predicted molar refractivity (Wildman–Crippen MR) is 84.5 cm³/mol. The molecular formula is C15H18BrNOS. The van der Waals surface area contributed by atoms with Crippen LogP contribution < -0.4 is 5.73 Å². The molecule has 1 aromatic carbocycles. The van der Waals surface area contributed by atoms with E-state index in [1.165, 1.54) is 4.88 Å². The average Bonchev–Trinajstić information content (AvgIpc) is 2.82. The summed E-state index contributed by atoms with van der Waals surface area (Å²) in [5, 5.41) is 0. The average molecular weight is 340 g/mol. The van der Waals surface area contributed by atoms with E-state index in [2.05, 4.69) is 40.2 Å². The van der Waals surface area contributed by atoms with Gasteiger partial charge in [0, 0.05) is 17.5 Å². The van der Waals surface area contributed by atoms with Crippen molar-refractivity contribution < 1.29 is 4.74 Å². The van der Waals surface area contributed by atoms with Gasteiger partial charge < -0.3 is 10.5 Å². The van der Waals surface area contributed by atoms with Gasteiger partial charge >= 0.3 is 0 Å². The van der Waals surface area contributed by atoms with Gasteiger partial charge in [-0.2, -0.15) is 0 Å².